The highest BCUT2D eigenvalue weighted by atomic mass is 16.7. The predicted octanol–water partition coefficient (Wildman–Crippen LogP) is 5.04. The molecule has 2 aromatic rings. The van der Waals surface area contributed by atoms with E-state index in [0.717, 1.165) is 18.4 Å². The molecule has 2 amide bonds. The van der Waals surface area contributed by atoms with Gasteiger partial charge in [0.2, 0.25) is 11.8 Å². The fourth-order valence-corrected chi connectivity index (χ4v) is 6.59. The maximum atomic E-state index is 14.0. The third-order valence-corrected chi connectivity index (χ3v) is 9.66. The van der Waals surface area contributed by atoms with Crippen LogP contribution in [0.5, 0.6) is 0 Å². The molecule has 1 fully saturated rings. The molecule has 7 atom stereocenters. The van der Waals surface area contributed by atoms with Gasteiger partial charge in [-0.3, -0.25) is 14.4 Å². The Morgan fingerprint density at radius 3 is 2.14 bits per heavy atom. The third-order valence-electron chi connectivity index (χ3n) is 9.66. The standard InChI is InChI=1S/C38H55N3O8/c1-9-26(4)34(40(6)36(43)33(25(2)3)39-49-38(45)29-19-14-11-15-20-29)31(46-7)23-32(42)41-22-16-21-30(41)35(47-8)27(5)37(44)48-24-28-17-12-10-13-18-28/h10-15,17-20,25-27,30-31,33-35,39H,9,16,21-24H2,1-8H3/t26-,27+,30-,31+,33-,34-,35+/m0/s1. The van der Waals surface area contributed by atoms with Gasteiger partial charge in [-0.05, 0) is 49.3 Å². The summed E-state index contributed by atoms with van der Waals surface area (Å²) in [7, 11) is 4.81. The highest BCUT2D eigenvalue weighted by Crippen LogP contribution is 2.30. The van der Waals surface area contributed by atoms with Gasteiger partial charge < -0.3 is 28.8 Å². The second-order valence-electron chi connectivity index (χ2n) is 13.3. The Morgan fingerprint density at radius 2 is 1.57 bits per heavy atom. The smallest absolute Gasteiger partial charge is 0.356 e. The Balaban J connectivity index is 1.72. The Kier molecular flexibility index (Phi) is 15.7. The van der Waals surface area contributed by atoms with Crippen molar-refractivity contribution in [1.82, 2.24) is 15.3 Å². The quantitative estimate of drug-likeness (QED) is 0.170. The molecule has 270 valence electrons. The molecule has 0 saturated carbocycles. The van der Waals surface area contributed by atoms with E-state index < -0.39 is 36.2 Å². The van der Waals surface area contributed by atoms with Crippen molar-refractivity contribution in [2.24, 2.45) is 17.8 Å². The van der Waals surface area contributed by atoms with Crippen LogP contribution in [0.1, 0.15) is 76.2 Å². The van der Waals surface area contributed by atoms with Crippen LogP contribution in [0.15, 0.2) is 60.7 Å². The average molecular weight is 682 g/mol. The number of esters is 1. The van der Waals surface area contributed by atoms with E-state index in [2.05, 4.69) is 5.48 Å². The van der Waals surface area contributed by atoms with Crippen molar-refractivity contribution in [3.63, 3.8) is 0 Å². The summed E-state index contributed by atoms with van der Waals surface area (Å²) in [6.07, 6.45) is 1.06. The van der Waals surface area contributed by atoms with Gasteiger partial charge in [-0.1, -0.05) is 82.6 Å². The van der Waals surface area contributed by atoms with Gasteiger partial charge in [0.1, 0.15) is 12.6 Å². The second-order valence-corrected chi connectivity index (χ2v) is 13.3. The maximum absolute atomic E-state index is 14.0. The number of hydrogen-bond donors (Lipinski definition) is 1. The van der Waals surface area contributed by atoms with Crippen LogP contribution in [0.2, 0.25) is 0 Å². The van der Waals surface area contributed by atoms with E-state index in [-0.39, 0.29) is 48.7 Å². The van der Waals surface area contributed by atoms with Crippen molar-refractivity contribution >= 4 is 23.8 Å². The zero-order valence-electron chi connectivity index (χ0n) is 30.3. The van der Waals surface area contributed by atoms with Crippen LogP contribution in [0, 0.1) is 17.8 Å². The Hall–Kier alpha value is -3.80. The van der Waals surface area contributed by atoms with E-state index in [4.69, 9.17) is 19.0 Å². The number of likely N-dealkylation sites (tertiary alicyclic amines) is 1. The number of hydroxylamine groups is 1. The van der Waals surface area contributed by atoms with Gasteiger partial charge in [-0.2, -0.15) is 0 Å². The van der Waals surface area contributed by atoms with Crippen molar-refractivity contribution in [3.8, 4) is 0 Å². The summed E-state index contributed by atoms with van der Waals surface area (Å²) in [6.45, 7) is 10.3. The minimum absolute atomic E-state index is 0.0214. The minimum atomic E-state index is -0.828. The normalized spacial score (nSPS) is 18.2. The molecule has 0 unspecified atom stereocenters. The number of nitrogens with one attached hydrogen (secondary N) is 1. The molecular formula is C38H55N3O8. The first-order valence-electron chi connectivity index (χ1n) is 17.3. The monoisotopic (exact) mass is 681 g/mol. The zero-order chi connectivity index (χ0) is 36.1. The van der Waals surface area contributed by atoms with Crippen LogP contribution < -0.4 is 5.48 Å². The van der Waals surface area contributed by atoms with E-state index in [1.165, 1.54) is 0 Å². The number of carbonyl (C=O) groups is 4. The Bertz CT molecular complexity index is 1340. The van der Waals surface area contributed by atoms with Gasteiger partial charge in [-0.25, -0.2) is 4.79 Å². The number of rotatable bonds is 18. The van der Waals surface area contributed by atoms with Crippen LogP contribution in [0.25, 0.3) is 0 Å². The molecular weight excluding hydrogens is 626 g/mol. The first kappa shape index (κ1) is 39.6. The molecule has 0 aromatic heterocycles. The SMILES string of the molecule is CC[C@H](C)[C@@H]([C@@H](CC(=O)N1CCC[C@H]1[C@H](OC)[C@@H](C)C(=O)OCc1ccccc1)OC)N(C)C(=O)[C@@H](NOC(=O)c1ccccc1)C(C)C. The number of ether oxygens (including phenoxy) is 3. The molecule has 11 nitrogen and oxygen atoms in total. The van der Waals surface area contributed by atoms with E-state index >= 15 is 0 Å². The molecule has 1 saturated heterocycles. The number of benzene rings is 2. The van der Waals surface area contributed by atoms with Crippen molar-refractivity contribution < 1.29 is 38.2 Å². The first-order chi connectivity index (χ1) is 23.4. The van der Waals surface area contributed by atoms with Crippen molar-refractivity contribution in [3.05, 3.63) is 71.8 Å². The molecule has 0 radical (unpaired) electrons. The summed E-state index contributed by atoms with van der Waals surface area (Å²) in [5, 5.41) is 0. The van der Waals surface area contributed by atoms with Gasteiger partial charge in [0.15, 0.2) is 0 Å². The maximum Gasteiger partial charge on any atom is 0.356 e. The third kappa shape index (κ3) is 10.6. The molecule has 49 heavy (non-hydrogen) atoms. The topological polar surface area (TPSA) is 124 Å². The summed E-state index contributed by atoms with van der Waals surface area (Å²) in [5.74, 6) is -2.22. The van der Waals surface area contributed by atoms with Crippen LogP contribution in [-0.4, -0.2) is 91.7 Å². The Morgan fingerprint density at radius 1 is 0.939 bits per heavy atom. The van der Waals surface area contributed by atoms with Gasteiger partial charge >= 0.3 is 11.9 Å². The first-order valence-corrected chi connectivity index (χ1v) is 17.3. The molecule has 2 aromatic carbocycles. The second kappa shape index (κ2) is 19.4. The van der Waals surface area contributed by atoms with E-state index in [1.54, 1.807) is 68.3 Å². The van der Waals surface area contributed by atoms with Gasteiger partial charge in [0.25, 0.3) is 0 Å². The molecule has 11 heteroatoms. The summed E-state index contributed by atoms with van der Waals surface area (Å²) in [5.41, 5.74) is 3.96. The summed E-state index contributed by atoms with van der Waals surface area (Å²) in [6, 6.07) is 16.4. The molecule has 1 heterocycles. The highest BCUT2D eigenvalue weighted by molar-refractivity contribution is 5.89. The lowest BCUT2D eigenvalue weighted by Crippen LogP contribution is -2.57. The summed E-state index contributed by atoms with van der Waals surface area (Å²) in [4.78, 5) is 62.4. The molecule has 0 aliphatic carbocycles. The number of amides is 2. The number of nitrogens with zero attached hydrogens (tertiary/aromatic N) is 2. The minimum Gasteiger partial charge on any atom is -0.461 e. The van der Waals surface area contributed by atoms with Crippen LogP contribution >= 0.6 is 0 Å². The number of hydrogen-bond acceptors (Lipinski definition) is 9. The Labute approximate surface area is 291 Å². The molecule has 0 bridgehead atoms. The lowest BCUT2D eigenvalue weighted by atomic mass is 9.89. The average Bonchev–Trinajstić information content (AvgIpc) is 3.60. The number of carbonyl (C=O) groups excluding carboxylic acids is 4. The van der Waals surface area contributed by atoms with E-state index in [0.29, 0.717) is 18.5 Å². The lowest BCUT2D eigenvalue weighted by Gasteiger charge is -2.40. The fourth-order valence-electron chi connectivity index (χ4n) is 6.59. The van der Waals surface area contributed by atoms with Gasteiger partial charge in [0.05, 0.1) is 42.2 Å². The molecule has 1 N–H and O–H groups in total. The lowest BCUT2D eigenvalue weighted by molar-refractivity contribution is -0.158. The molecule has 0 spiro atoms. The van der Waals surface area contributed by atoms with Crippen molar-refractivity contribution in [2.75, 3.05) is 27.8 Å². The summed E-state index contributed by atoms with van der Waals surface area (Å²) >= 11 is 0. The van der Waals surface area contributed by atoms with E-state index in [9.17, 15) is 19.2 Å². The number of methoxy groups -OCH3 is 2. The van der Waals surface area contributed by atoms with Gasteiger partial charge in [0, 0.05) is 27.8 Å². The number of likely N-dealkylation sites (N-methyl/N-ethyl adjacent to an activating group) is 1. The van der Waals surface area contributed by atoms with Crippen molar-refractivity contribution in [2.45, 2.75) is 97.2 Å². The zero-order valence-corrected chi connectivity index (χ0v) is 30.3. The van der Waals surface area contributed by atoms with E-state index in [1.807, 2.05) is 58.0 Å². The van der Waals surface area contributed by atoms with Gasteiger partial charge in [-0.15, -0.1) is 5.48 Å². The molecule has 3 rings (SSSR count). The van der Waals surface area contributed by atoms with Crippen LogP contribution in [-0.2, 0) is 40.0 Å². The predicted molar refractivity (Wildman–Crippen MR) is 186 cm³/mol. The highest BCUT2D eigenvalue weighted by Gasteiger charge is 2.43. The van der Waals surface area contributed by atoms with Crippen LogP contribution in [0.4, 0.5) is 0 Å². The van der Waals surface area contributed by atoms with Crippen molar-refractivity contribution in [1.29, 1.82) is 0 Å². The molecule has 1 aliphatic heterocycles. The largest absolute Gasteiger partial charge is 0.461 e. The van der Waals surface area contributed by atoms with Crippen LogP contribution in [0.3, 0.4) is 0 Å². The summed E-state index contributed by atoms with van der Waals surface area (Å²) < 4.78 is 17.4. The molecule has 1 aliphatic rings. The fraction of sp³-hybridized carbons (Fsp3) is 0.579.